The number of nitrogens with one attached hydrogen (secondary N) is 1. The van der Waals surface area contributed by atoms with E-state index >= 15 is 0 Å². The highest BCUT2D eigenvalue weighted by Gasteiger charge is 2.14. The molecule has 1 amide bonds. The molecule has 0 spiro atoms. The highest BCUT2D eigenvalue weighted by Crippen LogP contribution is 2.21. The number of hydrogen-bond donors (Lipinski definition) is 2. The minimum absolute atomic E-state index is 0.0277. The summed E-state index contributed by atoms with van der Waals surface area (Å²) >= 11 is 0. The third-order valence-electron chi connectivity index (χ3n) is 3.82. The van der Waals surface area contributed by atoms with Crippen molar-refractivity contribution in [1.82, 2.24) is 9.80 Å². The van der Waals surface area contributed by atoms with Crippen LogP contribution < -0.4 is 11.1 Å². The number of benzene rings is 1. The minimum Gasteiger partial charge on any atom is -0.397 e. The van der Waals surface area contributed by atoms with Crippen molar-refractivity contribution < 1.29 is 4.79 Å². The summed E-state index contributed by atoms with van der Waals surface area (Å²) in [5.41, 5.74) is 8.18. The monoisotopic (exact) mass is 292 g/mol. The van der Waals surface area contributed by atoms with Gasteiger partial charge in [0.1, 0.15) is 0 Å². The number of anilines is 2. The third kappa shape index (κ3) is 4.63. The van der Waals surface area contributed by atoms with Gasteiger partial charge in [-0.05, 0) is 53.1 Å². The molecule has 1 atom stereocenters. The molecule has 0 aliphatic heterocycles. The molecule has 0 aliphatic rings. The summed E-state index contributed by atoms with van der Waals surface area (Å²) in [4.78, 5) is 16.2. The van der Waals surface area contributed by atoms with Crippen molar-refractivity contribution in [2.75, 3.05) is 44.8 Å². The maximum absolute atomic E-state index is 12.3. The van der Waals surface area contributed by atoms with Gasteiger partial charge in [-0.15, -0.1) is 0 Å². The summed E-state index contributed by atoms with van der Waals surface area (Å²) in [5.74, 6) is 0.0277. The Labute approximate surface area is 128 Å². The van der Waals surface area contributed by atoms with Gasteiger partial charge in [0.2, 0.25) is 0 Å². The van der Waals surface area contributed by atoms with Gasteiger partial charge in [0.15, 0.2) is 0 Å². The van der Waals surface area contributed by atoms with Gasteiger partial charge in [0.25, 0.3) is 5.91 Å². The second-order valence-electron chi connectivity index (χ2n) is 5.47. The van der Waals surface area contributed by atoms with Gasteiger partial charge in [0.05, 0.1) is 11.4 Å². The van der Waals surface area contributed by atoms with Crippen molar-refractivity contribution in [2.45, 2.75) is 26.8 Å². The fourth-order valence-electron chi connectivity index (χ4n) is 1.99. The molecule has 21 heavy (non-hydrogen) atoms. The Bertz CT molecular complexity index is 469. The number of likely N-dealkylation sites (N-methyl/N-ethyl adjacent to an activating group) is 1. The van der Waals surface area contributed by atoms with E-state index in [2.05, 4.69) is 17.1 Å². The van der Waals surface area contributed by atoms with Crippen molar-refractivity contribution in [2.24, 2.45) is 0 Å². The fourth-order valence-corrected chi connectivity index (χ4v) is 1.99. The fraction of sp³-hybridized carbons (Fsp3) is 0.562. The minimum atomic E-state index is 0.0277. The molecule has 0 aromatic heterocycles. The van der Waals surface area contributed by atoms with Crippen molar-refractivity contribution in [3.05, 3.63) is 23.8 Å². The van der Waals surface area contributed by atoms with Gasteiger partial charge in [0, 0.05) is 31.2 Å². The van der Waals surface area contributed by atoms with E-state index in [0.717, 1.165) is 12.2 Å². The molecule has 118 valence electrons. The molecule has 0 fully saturated rings. The lowest BCUT2D eigenvalue weighted by Gasteiger charge is -2.22. The predicted octanol–water partition coefficient (Wildman–Crippen LogP) is 2.11. The summed E-state index contributed by atoms with van der Waals surface area (Å²) < 4.78 is 0. The van der Waals surface area contributed by atoms with E-state index in [-0.39, 0.29) is 5.91 Å². The van der Waals surface area contributed by atoms with Crippen LogP contribution in [-0.2, 0) is 0 Å². The first-order valence-corrected chi connectivity index (χ1v) is 7.49. The maximum atomic E-state index is 12.3. The molecular formula is C16H28N4O. The van der Waals surface area contributed by atoms with E-state index in [4.69, 9.17) is 5.73 Å². The molecule has 1 aromatic carbocycles. The van der Waals surface area contributed by atoms with Crippen LogP contribution in [0.2, 0.25) is 0 Å². The normalized spacial score (nSPS) is 12.3. The average molecular weight is 292 g/mol. The van der Waals surface area contributed by atoms with Crippen molar-refractivity contribution in [3.8, 4) is 0 Å². The summed E-state index contributed by atoms with van der Waals surface area (Å²) in [6.45, 7) is 8.31. The third-order valence-corrected chi connectivity index (χ3v) is 3.82. The molecule has 0 radical (unpaired) electrons. The number of carbonyl (C=O) groups is 1. The molecule has 1 rings (SSSR count). The van der Waals surface area contributed by atoms with E-state index < -0.39 is 0 Å². The molecule has 0 bridgehead atoms. The topological polar surface area (TPSA) is 61.6 Å². The summed E-state index contributed by atoms with van der Waals surface area (Å²) in [7, 11) is 4.09. The summed E-state index contributed by atoms with van der Waals surface area (Å²) in [5, 5.41) is 3.33. The Balaban J connectivity index is 2.78. The average Bonchev–Trinajstić information content (AvgIpc) is 2.46. The largest absolute Gasteiger partial charge is 0.397 e. The van der Waals surface area contributed by atoms with Gasteiger partial charge >= 0.3 is 0 Å². The Morgan fingerprint density at radius 2 is 1.90 bits per heavy atom. The van der Waals surface area contributed by atoms with Crippen molar-refractivity contribution in [1.29, 1.82) is 0 Å². The molecule has 3 N–H and O–H groups in total. The zero-order valence-electron chi connectivity index (χ0n) is 13.8. The van der Waals surface area contributed by atoms with E-state index in [0.29, 0.717) is 30.4 Å². The molecule has 5 nitrogen and oxygen atoms in total. The molecule has 0 saturated carbocycles. The van der Waals surface area contributed by atoms with E-state index in [1.54, 1.807) is 11.0 Å². The van der Waals surface area contributed by atoms with E-state index in [1.165, 1.54) is 0 Å². The smallest absolute Gasteiger partial charge is 0.253 e. The number of hydrogen-bond acceptors (Lipinski definition) is 4. The Hall–Kier alpha value is -1.75. The zero-order chi connectivity index (χ0) is 16.0. The highest BCUT2D eigenvalue weighted by molar-refractivity contribution is 5.96. The van der Waals surface area contributed by atoms with Crippen LogP contribution in [0.15, 0.2) is 18.2 Å². The number of nitrogen functional groups attached to an aromatic ring is 1. The molecular weight excluding hydrogens is 264 g/mol. The number of nitrogens with zero attached hydrogens (tertiary/aromatic N) is 2. The second kappa shape index (κ2) is 7.88. The zero-order valence-corrected chi connectivity index (χ0v) is 13.8. The number of carbonyl (C=O) groups excluding carboxylic acids is 1. The lowest BCUT2D eigenvalue weighted by Crippen LogP contribution is -2.32. The van der Waals surface area contributed by atoms with Crippen LogP contribution in [0, 0.1) is 0 Å². The maximum Gasteiger partial charge on any atom is 0.253 e. The first-order valence-electron chi connectivity index (χ1n) is 7.49. The first-order chi connectivity index (χ1) is 9.90. The van der Waals surface area contributed by atoms with E-state index in [1.807, 2.05) is 40.1 Å². The predicted molar refractivity (Wildman–Crippen MR) is 89.7 cm³/mol. The molecule has 0 heterocycles. The Morgan fingerprint density at radius 1 is 1.29 bits per heavy atom. The number of amides is 1. The molecule has 0 aliphatic carbocycles. The Morgan fingerprint density at radius 3 is 2.38 bits per heavy atom. The first kappa shape index (κ1) is 17.3. The van der Waals surface area contributed by atoms with Crippen LogP contribution >= 0.6 is 0 Å². The number of nitrogens with two attached hydrogens (primary N) is 1. The second-order valence-corrected chi connectivity index (χ2v) is 5.47. The van der Waals surface area contributed by atoms with Crippen LogP contribution in [-0.4, -0.2) is 55.5 Å². The molecule has 0 saturated heterocycles. The summed E-state index contributed by atoms with van der Waals surface area (Å²) in [6, 6.07) is 5.87. The van der Waals surface area contributed by atoms with Crippen LogP contribution in [0.25, 0.3) is 0 Å². The lowest BCUT2D eigenvalue weighted by atomic mass is 10.1. The van der Waals surface area contributed by atoms with Gasteiger partial charge < -0.3 is 20.9 Å². The van der Waals surface area contributed by atoms with Crippen LogP contribution in [0.4, 0.5) is 11.4 Å². The standard InChI is InChI=1S/C16H28N4O/c1-6-20(7-2)16(21)13-8-9-15(14(17)10-13)18-11-12(3)19(4)5/h8-10,12,18H,6-7,11,17H2,1-5H3. The summed E-state index contributed by atoms with van der Waals surface area (Å²) in [6.07, 6.45) is 0. The highest BCUT2D eigenvalue weighted by atomic mass is 16.2. The van der Waals surface area contributed by atoms with Gasteiger partial charge in [-0.1, -0.05) is 0 Å². The van der Waals surface area contributed by atoms with Crippen LogP contribution in [0.1, 0.15) is 31.1 Å². The quantitative estimate of drug-likeness (QED) is 0.756. The molecule has 5 heteroatoms. The van der Waals surface area contributed by atoms with E-state index in [9.17, 15) is 4.79 Å². The lowest BCUT2D eigenvalue weighted by molar-refractivity contribution is 0.0773. The Kier molecular flexibility index (Phi) is 6.49. The van der Waals surface area contributed by atoms with Gasteiger partial charge in [-0.3, -0.25) is 4.79 Å². The van der Waals surface area contributed by atoms with Gasteiger partial charge in [-0.2, -0.15) is 0 Å². The van der Waals surface area contributed by atoms with Crippen LogP contribution in [0.5, 0.6) is 0 Å². The molecule has 1 unspecified atom stereocenters. The molecule has 1 aromatic rings. The number of rotatable bonds is 7. The van der Waals surface area contributed by atoms with Crippen molar-refractivity contribution >= 4 is 17.3 Å². The SMILES string of the molecule is CCN(CC)C(=O)c1ccc(NCC(C)N(C)C)c(N)c1. The van der Waals surface area contributed by atoms with Crippen molar-refractivity contribution in [3.63, 3.8) is 0 Å². The van der Waals surface area contributed by atoms with Crippen LogP contribution in [0.3, 0.4) is 0 Å². The van der Waals surface area contributed by atoms with Gasteiger partial charge in [-0.25, -0.2) is 0 Å².